The number of hydrogen-bond acceptors (Lipinski definition) is 2. The molecule has 0 aliphatic carbocycles. The molecule has 0 amide bonds. The highest BCUT2D eigenvalue weighted by atomic mass is 16.5. The van der Waals surface area contributed by atoms with Gasteiger partial charge in [0.05, 0.1) is 13.7 Å². The molecule has 0 fully saturated rings. The Kier molecular flexibility index (Phi) is 2.78. The van der Waals surface area contributed by atoms with Gasteiger partial charge in [-0.3, -0.25) is 0 Å². The molecule has 0 atom stereocenters. The van der Waals surface area contributed by atoms with Crippen molar-refractivity contribution in [1.29, 1.82) is 0 Å². The van der Waals surface area contributed by atoms with Gasteiger partial charge in [-0.2, -0.15) is 0 Å². The van der Waals surface area contributed by atoms with Gasteiger partial charge in [0.2, 0.25) is 0 Å². The first-order chi connectivity index (χ1) is 5.36. The smallest absolute Gasteiger partial charge is 0.130 e. The lowest BCUT2D eigenvalue weighted by Gasteiger charge is -2.03. The number of benzene rings is 1. The van der Waals surface area contributed by atoms with Gasteiger partial charge in [-0.05, 0) is 19.1 Å². The van der Waals surface area contributed by atoms with Crippen LogP contribution in [0.15, 0.2) is 18.2 Å². The quantitative estimate of drug-likeness (QED) is 0.656. The number of ether oxygens (including phenoxy) is 2. The van der Waals surface area contributed by atoms with Crippen LogP contribution in [0.5, 0.6) is 11.5 Å². The zero-order valence-corrected chi connectivity index (χ0v) is 6.76. The molecular formula is C9H11O2. The van der Waals surface area contributed by atoms with Crippen molar-refractivity contribution in [3.8, 4) is 11.5 Å². The highest BCUT2D eigenvalue weighted by Gasteiger charge is 1.93. The van der Waals surface area contributed by atoms with E-state index >= 15 is 0 Å². The summed E-state index contributed by atoms with van der Waals surface area (Å²) < 4.78 is 10.2. The van der Waals surface area contributed by atoms with Crippen LogP contribution in [0.1, 0.15) is 6.92 Å². The summed E-state index contributed by atoms with van der Waals surface area (Å²) in [5, 5.41) is 0. The van der Waals surface area contributed by atoms with Crippen molar-refractivity contribution in [3.63, 3.8) is 0 Å². The Morgan fingerprint density at radius 2 is 2.36 bits per heavy atom. The lowest BCUT2D eigenvalue weighted by Crippen LogP contribution is -1.91. The first-order valence-corrected chi connectivity index (χ1v) is 3.55. The molecule has 0 saturated heterocycles. The molecule has 2 heteroatoms. The molecular weight excluding hydrogens is 140 g/mol. The first kappa shape index (κ1) is 7.92. The Balaban J connectivity index is 2.74. The molecule has 0 spiro atoms. The molecule has 0 saturated carbocycles. The fourth-order valence-electron chi connectivity index (χ4n) is 0.791. The largest absolute Gasteiger partial charge is 0.497 e. The van der Waals surface area contributed by atoms with Crippen LogP contribution < -0.4 is 9.47 Å². The van der Waals surface area contributed by atoms with Gasteiger partial charge in [0.25, 0.3) is 0 Å². The molecule has 1 aromatic rings. The van der Waals surface area contributed by atoms with Crippen LogP contribution >= 0.6 is 0 Å². The Hall–Kier alpha value is -1.18. The fraction of sp³-hybridized carbons (Fsp3) is 0.333. The van der Waals surface area contributed by atoms with Gasteiger partial charge in [0.15, 0.2) is 0 Å². The third-order valence-corrected chi connectivity index (χ3v) is 1.28. The minimum atomic E-state index is 0.656. The first-order valence-electron chi connectivity index (χ1n) is 3.55. The van der Waals surface area contributed by atoms with Gasteiger partial charge in [-0.15, -0.1) is 0 Å². The van der Waals surface area contributed by atoms with Crippen molar-refractivity contribution in [2.45, 2.75) is 6.92 Å². The lowest BCUT2D eigenvalue weighted by atomic mass is 10.3. The Bertz CT molecular complexity index is 221. The van der Waals surface area contributed by atoms with E-state index in [0.717, 1.165) is 11.5 Å². The van der Waals surface area contributed by atoms with Crippen LogP contribution in [0.3, 0.4) is 0 Å². The molecule has 59 valence electrons. The van der Waals surface area contributed by atoms with Crippen LogP contribution in [0.4, 0.5) is 0 Å². The van der Waals surface area contributed by atoms with Crippen LogP contribution in [-0.4, -0.2) is 13.7 Å². The zero-order chi connectivity index (χ0) is 8.10. The minimum absolute atomic E-state index is 0.656. The Morgan fingerprint density at radius 1 is 1.55 bits per heavy atom. The van der Waals surface area contributed by atoms with E-state index in [0.29, 0.717) is 6.61 Å². The second-order valence-corrected chi connectivity index (χ2v) is 2.03. The van der Waals surface area contributed by atoms with Gasteiger partial charge in [-0.1, -0.05) is 0 Å². The lowest BCUT2D eigenvalue weighted by molar-refractivity contribution is 0.335. The number of hydrogen-bond donors (Lipinski definition) is 0. The summed E-state index contributed by atoms with van der Waals surface area (Å²) in [4.78, 5) is 0. The van der Waals surface area contributed by atoms with Crippen molar-refractivity contribution in [1.82, 2.24) is 0 Å². The molecule has 0 heterocycles. The third kappa shape index (κ3) is 2.15. The molecule has 0 aliphatic rings. The average molecular weight is 151 g/mol. The van der Waals surface area contributed by atoms with Gasteiger partial charge < -0.3 is 9.47 Å². The van der Waals surface area contributed by atoms with E-state index < -0.39 is 0 Å². The molecule has 1 rings (SSSR count). The van der Waals surface area contributed by atoms with Crippen molar-refractivity contribution in [3.05, 3.63) is 24.3 Å². The highest BCUT2D eigenvalue weighted by Crippen LogP contribution is 2.17. The second kappa shape index (κ2) is 3.86. The van der Waals surface area contributed by atoms with Crippen molar-refractivity contribution in [2.24, 2.45) is 0 Å². The average Bonchev–Trinajstić information content (AvgIpc) is 2.06. The van der Waals surface area contributed by atoms with Crippen molar-refractivity contribution in [2.75, 3.05) is 13.7 Å². The summed E-state index contributed by atoms with van der Waals surface area (Å²) in [5.74, 6) is 1.53. The summed E-state index contributed by atoms with van der Waals surface area (Å²) in [6.45, 7) is 2.59. The van der Waals surface area contributed by atoms with E-state index in [1.165, 1.54) is 0 Å². The summed E-state index contributed by atoms with van der Waals surface area (Å²) in [7, 11) is 1.63. The highest BCUT2D eigenvalue weighted by molar-refractivity contribution is 5.31. The van der Waals surface area contributed by atoms with Crippen LogP contribution in [0.2, 0.25) is 0 Å². The molecule has 0 unspecified atom stereocenters. The van der Waals surface area contributed by atoms with E-state index in [2.05, 4.69) is 6.07 Å². The van der Waals surface area contributed by atoms with E-state index in [1.54, 1.807) is 13.2 Å². The third-order valence-electron chi connectivity index (χ3n) is 1.28. The molecule has 1 radical (unpaired) electrons. The second-order valence-electron chi connectivity index (χ2n) is 2.03. The standard InChI is InChI=1S/C9H11O2/c1-3-11-9-6-4-5-8(7-9)10-2/h4-5,7H,3H2,1-2H3. The Morgan fingerprint density at radius 3 is 3.00 bits per heavy atom. The van der Waals surface area contributed by atoms with Crippen molar-refractivity contribution < 1.29 is 9.47 Å². The number of methoxy groups -OCH3 is 1. The molecule has 2 nitrogen and oxygen atoms in total. The number of rotatable bonds is 3. The van der Waals surface area contributed by atoms with E-state index in [1.807, 2.05) is 19.1 Å². The summed E-state index contributed by atoms with van der Waals surface area (Å²) >= 11 is 0. The maximum Gasteiger partial charge on any atom is 0.130 e. The van der Waals surface area contributed by atoms with Gasteiger partial charge >= 0.3 is 0 Å². The molecule has 0 bridgehead atoms. The molecule has 0 aliphatic heterocycles. The van der Waals surface area contributed by atoms with E-state index in [-0.39, 0.29) is 0 Å². The van der Waals surface area contributed by atoms with E-state index in [9.17, 15) is 0 Å². The maximum atomic E-state index is 5.21. The van der Waals surface area contributed by atoms with Crippen LogP contribution in [0, 0.1) is 6.07 Å². The van der Waals surface area contributed by atoms with Crippen LogP contribution in [0.25, 0.3) is 0 Å². The minimum Gasteiger partial charge on any atom is -0.497 e. The van der Waals surface area contributed by atoms with Gasteiger partial charge in [0.1, 0.15) is 11.5 Å². The summed E-state index contributed by atoms with van der Waals surface area (Å²) in [6, 6.07) is 8.37. The molecule has 11 heavy (non-hydrogen) atoms. The predicted molar refractivity (Wildman–Crippen MR) is 43.0 cm³/mol. The van der Waals surface area contributed by atoms with Crippen molar-refractivity contribution >= 4 is 0 Å². The zero-order valence-electron chi connectivity index (χ0n) is 6.76. The normalized spacial score (nSPS) is 9.27. The summed E-state index contributed by atoms with van der Waals surface area (Å²) in [6.07, 6.45) is 0. The monoisotopic (exact) mass is 151 g/mol. The Labute approximate surface area is 66.8 Å². The van der Waals surface area contributed by atoms with Crippen LogP contribution in [-0.2, 0) is 0 Å². The topological polar surface area (TPSA) is 18.5 Å². The molecule has 0 N–H and O–H groups in total. The molecule has 0 aromatic heterocycles. The maximum absolute atomic E-state index is 5.21. The van der Waals surface area contributed by atoms with Gasteiger partial charge in [-0.25, -0.2) is 0 Å². The summed E-state index contributed by atoms with van der Waals surface area (Å²) in [5.41, 5.74) is 0. The predicted octanol–water partition coefficient (Wildman–Crippen LogP) is 1.89. The fourth-order valence-corrected chi connectivity index (χ4v) is 0.791. The SMILES string of the molecule is CCOc1[c]ccc(OC)c1. The molecule has 1 aromatic carbocycles. The van der Waals surface area contributed by atoms with Gasteiger partial charge in [0, 0.05) is 12.1 Å². The van der Waals surface area contributed by atoms with E-state index in [4.69, 9.17) is 9.47 Å².